The first-order chi connectivity index (χ1) is 13.0. The number of hydrogen-bond donors (Lipinski definition) is 0. The van der Waals surface area contributed by atoms with Gasteiger partial charge < -0.3 is 14.2 Å². The van der Waals surface area contributed by atoms with Gasteiger partial charge in [-0.25, -0.2) is 0 Å². The molecule has 156 valence electrons. The van der Waals surface area contributed by atoms with Crippen LogP contribution >= 0.6 is 0 Å². The summed E-state index contributed by atoms with van der Waals surface area (Å²) in [6.07, 6.45) is -1.95. The molecule has 0 N–H and O–H groups in total. The van der Waals surface area contributed by atoms with Crippen molar-refractivity contribution in [3.05, 3.63) is 35.9 Å². The molecule has 0 bridgehead atoms. The maximum atomic E-state index is 12.2. The van der Waals surface area contributed by atoms with Crippen LogP contribution in [-0.2, 0) is 19.1 Å². The Morgan fingerprint density at radius 3 is 2.07 bits per heavy atom. The number of esters is 2. The monoisotopic (exact) mass is 402 g/mol. The molecule has 0 unspecified atom stereocenters. The van der Waals surface area contributed by atoms with Gasteiger partial charge in [-0.3, -0.25) is 9.59 Å². The second-order valence-electron chi connectivity index (χ2n) is 6.68. The van der Waals surface area contributed by atoms with E-state index in [9.17, 15) is 22.8 Å². The summed E-state index contributed by atoms with van der Waals surface area (Å²) < 4.78 is 50.6. The Balaban J connectivity index is 2.74. The lowest BCUT2D eigenvalue weighted by atomic mass is 10.0. The van der Waals surface area contributed by atoms with Crippen molar-refractivity contribution >= 4 is 18.0 Å². The lowest BCUT2D eigenvalue weighted by Crippen LogP contribution is -2.25. The molecular formula is C20H25F3O5. The second kappa shape index (κ2) is 10.7. The van der Waals surface area contributed by atoms with E-state index in [4.69, 9.17) is 9.47 Å². The predicted molar refractivity (Wildman–Crippen MR) is 97.3 cm³/mol. The molecule has 0 aliphatic heterocycles. The minimum atomic E-state index is -4.74. The normalized spacial score (nSPS) is 13.0. The highest BCUT2D eigenvalue weighted by Gasteiger charge is 2.31. The Kier molecular flexibility index (Phi) is 9.02. The highest BCUT2D eigenvalue weighted by molar-refractivity contribution is 5.80. The van der Waals surface area contributed by atoms with E-state index in [1.807, 2.05) is 0 Å². The van der Waals surface area contributed by atoms with Gasteiger partial charge in [0.15, 0.2) is 0 Å². The highest BCUT2D eigenvalue weighted by atomic mass is 19.4. The minimum absolute atomic E-state index is 0.119. The van der Waals surface area contributed by atoms with Crippen LogP contribution in [-0.4, -0.2) is 30.5 Å². The van der Waals surface area contributed by atoms with Crippen LogP contribution in [0, 0.1) is 5.92 Å². The van der Waals surface area contributed by atoms with Crippen LogP contribution in [0.25, 0.3) is 6.08 Å². The molecule has 0 aliphatic rings. The number of alkyl halides is 3. The lowest BCUT2D eigenvalue weighted by molar-refractivity contribution is -0.274. The third-order valence-corrected chi connectivity index (χ3v) is 3.31. The largest absolute Gasteiger partial charge is 0.573 e. The van der Waals surface area contributed by atoms with Crippen molar-refractivity contribution in [2.45, 2.75) is 59.1 Å². The SMILES string of the molecule is CC(C)OC(=O)C[C@@H](C/C=C/c1ccc(OC(F)(F)F)cc1)C(=O)OC(C)C. The van der Waals surface area contributed by atoms with Gasteiger partial charge in [0.1, 0.15) is 5.75 Å². The summed E-state index contributed by atoms with van der Waals surface area (Å²) in [5.41, 5.74) is 0.621. The number of carbonyl (C=O) groups excluding carboxylic acids is 2. The molecular weight excluding hydrogens is 377 g/mol. The zero-order chi connectivity index (χ0) is 21.3. The van der Waals surface area contributed by atoms with E-state index in [2.05, 4.69) is 4.74 Å². The molecule has 0 aliphatic carbocycles. The molecule has 5 nitrogen and oxygen atoms in total. The quantitative estimate of drug-likeness (QED) is 0.550. The van der Waals surface area contributed by atoms with Gasteiger partial charge in [-0.1, -0.05) is 24.3 Å². The van der Waals surface area contributed by atoms with E-state index in [1.165, 1.54) is 24.3 Å². The number of rotatable bonds is 9. The predicted octanol–water partition coefficient (Wildman–Crippen LogP) is 4.90. The van der Waals surface area contributed by atoms with Crippen LogP contribution < -0.4 is 4.74 Å². The van der Waals surface area contributed by atoms with Gasteiger partial charge in [-0.05, 0) is 51.8 Å². The van der Waals surface area contributed by atoms with E-state index in [-0.39, 0.29) is 30.8 Å². The van der Waals surface area contributed by atoms with Gasteiger partial charge in [0.25, 0.3) is 0 Å². The fourth-order valence-corrected chi connectivity index (χ4v) is 2.25. The average Bonchev–Trinajstić information content (AvgIpc) is 2.52. The molecule has 8 heteroatoms. The van der Waals surface area contributed by atoms with Gasteiger partial charge >= 0.3 is 18.3 Å². The maximum Gasteiger partial charge on any atom is 0.573 e. The number of allylic oxidation sites excluding steroid dienone is 1. The number of halogens is 3. The van der Waals surface area contributed by atoms with Crippen LogP contribution in [0.4, 0.5) is 13.2 Å². The fourth-order valence-electron chi connectivity index (χ4n) is 2.25. The first kappa shape index (κ1) is 23.5. The van der Waals surface area contributed by atoms with Gasteiger partial charge in [0, 0.05) is 0 Å². The Bertz CT molecular complexity index is 663. The summed E-state index contributed by atoms with van der Waals surface area (Å²) in [6.45, 7) is 6.85. The van der Waals surface area contributed by atoms with Crippen LogP contribution in [0.3, 0.4) is 0 Å². The molecule has 0 aromatic heterocycles. The first-order valence-corrected chi connectivity index (χ1v) is 8.88. The average molecular weight is 402 g/mol. The van der Waals surface area contributed by atoms with Gasteiger partial charge in [0.2, 0.25) is 0 Å². The van der Waals surface area contributed by atoms with Crippen molar-refractivity contribution in [3.63, 3.8) is 0 Å². The third kappa shape index (κ3) is 9.99. The topological polar surface area (TPSA) is 61.8 Å². The van der Waals surface area contributed by atoms with Crippen LogP contribution in [0.15, 0.2) is 30.3 Å². The van der Waals surface area contributed by atoms with Gasteiger partial charge in [-0.15, -0.1) is 13.2 Å². The van der Waals surface area contributed by atoms with Crippen LogP contribution in [0.5, 0.6) is 5.75 Å². The molecule has 0 heterocycles. The summed E-state index contributed by atoms with van der Waals surface area (Å²) in [4.78, 5) is 24.1. The maximum absolute atomic E-state index is 12.2. The van der Waals surface area contributed by atoms with Crippen molar-refractivity contribution in [3.8, 4) is 5.75 Å². The van der Waals surface area contributed by atoms with Gasteiger partial charge in [-0.2, -0.15) is 0 Å². The van der Waals surface area contributed by atoms with Crippen LogP contribution in [0.1, 0.15) is 46.1 Å². The van der Waals surface area contributed by atoms with E-state index in [0.29, 0.717) is 5.56 Å². The summed E-state index contributed by atoms with van der Waals surface area (Å²) in [5.74, 6) is -2.03. The Labute approximate surface area is 162 Å². The Hall–Kier alpha value is -2.51. The second-order valence-corrected chi connectivity index (χ2v) is 6.68. The summed E-state index contributed by atoms with van der Waals surface area (Å²) in [5, 5.41) is 0. The van der Waals surface area contributed by atoms with E-state index in [1.54, 1.807) is 39.8 Å². The standard InChI is InChI=1S/C20H25F3O5/c1-13(2)26-18(24)12-16(19(25)27-14(3)4)7-5-6-15-8-10-17(11-9-15)28-20(21,22)23/h5-6,8-11,13-14,16H,7,12H2,1-4H3/b6-5+/t16-/m1/s1. The van der Waals surface area contributed by atoms with Crippen LogP contribution in [0.2, 0.25) is 0 Å². The zero-order valence-electron chi connectivity index (χ0n) is 16.3. The van der Waals surface area contributed by atoms with Gasteiger partial charge in [0.05, 0.1) is 24.5 Å². The summed E-state index contributed by atoms with van der Waals surface area (Å²) >= 11 is 0. The third-order valence-electron chi connectivity index (χ3n) is 3.31. The summed E-state index contributed by atoms with van der Waals surface area (Å²) in [7, 11) is 0. The molecule has 1 rings (SSSR count). The van der Waals surface area contributed by atoms with E-state index < -0.39 is 24.2 Å². The first-order valence-electron chi connectivity index (χ1n) is 8.88. The fraction of sp³-hybridized carbons (Fsp3) is 0.500. The Morgan fingerprint density at radius 2 is 1.57 bits per heavy atom. The van der Waals surface area contributed by atoms with Crippen molar-refractivity contribution in [2.24, 2.45) is 5.92 Å². The Morgan fingerprint density at radius 1 is 1.00 bits per heavy atom. The molecule has 0 spiro atoms. The smallest absolute Gasteiger partial charge is 0.463 e. The molecule has 0 saturated heterocycles. The van der Waals surface area contributed by atoms with Crippen molar-refractivity contribution < 1.29 is 37.0 Å². The number of benzene rings is 1. The molecule has 1 aromatic rings. The van der Waals surface area contributed by atoms with Crippen molar-refractivity contribution in [1.82, 2.24) is 0 Å². The number of hydrogen-bond acceptors (Lipinski definition) is 5. The molecule has 0 saturated carbocycles. The molecule has 28 heavy (non-hydrogen) atoms. The van der Waals surface area contributed by atoms with E-state index >= 15 is 0 Å². The number of ether oxygens (including phenoxy) is 3. The number of carbonyl (C=O) groups is 2. The minimum Gasteiger partial charge on any atom is -0.463 e. The highest BCUT2D eigenvalue weighted by Crippen LogP contribution is 2.23. The summed E-state index contributed by atoms with van der Waals surface area (Å²) in [6, 6.07) is 5.29. The molecule has 0 fully saturated rings. The molecule has 0 radical (unpaired) electrons. The molecule has 0 amide bonds. The molecule has 1 aromatic carbocycles. The lowest BCUT2D eigenvalue weighted by Gasteiger charge is -2.16. The van der Waals surface area contributed by atoms with E-state index in [0.717, 1.165) is 0 Å². The van der Waals surface area contributed by atoms with Crippen molar-refractivity contribution in [1.29, 1.82) is 0 Å². The zero-order valence-corrected chi connectivity index (χ0v) is 16.3. The van der Waals surface area contributed by atoms with Crippen molar-refractivity contribution in [2.75, 3.05) is 0 Å². The molecule has 1 atom stereocenters.